The molecule has 0 bridgehead atoms. The first-order valence-electron chi connectivity index (χ1n) is 8.66. The molecule has 1 aromatic rings. The summed E-state index contributed by atoms with van der Waals surface area (Å²) in [4.78, 5) is 0. The minimum atomic E-state index is -0.988. The first-order valence-corrected chi connectivity index (χ1v) is 8.66. The van der Waals surface area contributed by atoms with Crippen molar-refractivity contribution in [1.29, 1.82) is 0 Å². The molecule has 134 valence electrons. The lowest BCUT2D eigenvalue weighted by molar-refractivity contribution is 0.00578. The normalized spacial score (nSPS) is 18.9. The fourth-order valence-electron chi connectivity index (χ4n) is 2.52. The minimum Gasteiger partial charge on any atom is -0.490 e. The number of halogens is 2. The zero-order chi connectivity index (χ0) is 18.0. The first kappa shape index (κ1) is 19.2. The van der Waals surface area contributed by atoms with Crippen molar-refractivity contribution in [1.82, 2.24) is 0 Å². The molecule has 0 radical (unpaired) electrons. The van der Waals surface area contributed by atoms with Crippen LogP contribution in [0.2, 0.25) is 0 Å². The third kappa shape index (κ3) is 3.91. The quantitative estimate of drug-likeness (QED) is 0.549. The number of ether oxygens (including phenoxy) is 1. The number of unbranched alkanes of at least 4 members (excludes halogenated alkanes) is 3. The molecule has 0 aromatic heterocycles. The van der Waals surface area contributed by atoms with Gasteiger partial charge in [-0.05, 0) is 40.2 Å². The van der Waals surface area contributed by atoms with Gasteiger partial charge in [0.15, 0.2) is 17.4 Å². The first-order chi connectivity index (χ1) is 11.2. The fourth-order valence-corrected chi connectivity index (χ4v) is 2.52. The molecule has 1 aromatic carbocycles. The Labute approximate surface area is 143 Å². The molecule has 24 heavy (non-hydrogen) atoms. The Morgan fingerprint density at radius 1 is 0.958 bits per heavy atom. The summed E-state index contributed by atoms with van der Waals surface area (Å²) in [7, 11) is -0.928. The summed E-state index contributed by atoms with van der Waals surface area (Å²) in [6.45, 7) is 9.98. The van der Waals surface area contributed by atoms with E-state index < -0.39 is 30.0 Å². The standard InChI is InChI=1S/C18H27BF2O3/c1-6-7-8-9-12-22-14-11-10-13(15(20)16(14)21)19-23-17(2,3)18(4,5)24-19/h10-11H,6-9,12H2,1-5H3. The Bertz CT molecular complexity index is 560. The third-order valence-electron chi connectivity index (χ3n) is 4.84. The van der Waals surface area contributed by atoms with Crippen LogP contribution in [0.25, 0.3) is 0 Å². The number of rotatable bonds is 7. The summed E-state index contributed by atoms with van der Waals surface area (Å²) >= 11 is 0. The van der Waals surface area contributed by atoms with Gasteiger partial charge in [0.1, 0.15) is 0 Å². The van der Waals surface area contributed by atoms with Gasteiger partial charge in [0.25, 0.3) is 0 Å². The average Bonchev–Trinajstić information content (AvgIpc) is 2.71. The summed E-state index contributed by atoms with van der Waals surface area (Å²) in [6, 6.07) is 2.92. The molecule has 3 nitrogen and oxygen atoms in total. The molecule has 0 unspecified atom stereocenters. The summed E-state index contributed by atoms with van der Waals surface area (Å²) in [6.07, 6.45) is 4.08. The van der Waals surface area contributed by atoms with Crippen LogP contribution in [-0.4, -0.2) is 24.9 Å². The Morgan fingerprint density at radius 3 is 2.17 bits per heavy atom. The smallest absolute Gasteiger partial charge is 0.490 e. The molecule has 0 atom stereocenters. The van der Waals surface area contributed by atoms with E-state index >= 15 is 0 Å². The molecule has 1 saturated heterocycles. The summed E-state index contributed by atoms with van der Waals surface area (Å²) in [5.74, 6) is -2.03. The molecule has 1 fully saturated rings. The van der Waals surface area contributed by atoms with Crippen LogP contribution in [0.3, 0.4) is 0 Å². The summed E-state index contributed by atoms with van der Waals surface area (Å²) < 4.78 is 45.6. The van der Waals surface area contributed by atoms with E-state index in [1.807, 2.05) is 27.7 Å². The molecule has 0 spiro atoms. The second-order valence-corrected chi connectivity index (χ2v) is 7.28. The van der Waals surface area contributed by atoms with E-state index in [0.29, 0.717) is 6.61 Å². The Kier molecular flexibility index (Phi) is 5.92. The highest BCUT2D eigenvalue weighted by molar-refractivity contribution is 6.62. The van der Waals surface area contributed by atoms with E-state index in [0.717, 1.165) is 25.7 Å². The van der Waals surface area contributed by atoms with Crippen molar-refractivity contribution in [2.24, 2.45) is 0 Å². The maximum absolute atomic E-state index is 14.4. The molecular weight excluding hydrogens is 313 g/mol. The van der Waals surface area contributed by atoms with E-state index in [-0.39, 0.29) is 11.2 Å². The van der Waals surface area contributed by atoms with Gasteiger partial charge in [-0.25, -0.2) is 4.39 Å². The molecular formula is C18H27BF2O3. The highest BCUT2D eigenvalue weighted by Gasteiger charge is 2.52. The van der Waals surface area contributed by atoms with Crippen LogP contribution in [0.4, 0.5) is 8.78 Å². The molecule has 0 saturated carbocycles. The van der Waals surface area contributed by atoms with Gasteiger partial charge in [-0.2, -0.15) is 4.39 Å². The van der Waals surface area contributed by atoms with Gasteiger partial charge in [0.05, 0.1) is 17.8 Å². The molecule has 6 heteroatoms. The van der Waals surface area contributed by atoms with Gasteiger partial charge in [0.2, 0.25) is 0 Å². The highest BCUT2D eigenvalue weighted by atomic mass is 19.2. The van der Waals surface area contributed by atoms with Gasteiger partial charge in [-0.3, -0.25) is 0 Å². The maximum atomic E-state index is 14.4. The van der Waals surface area contributed by atoms with Gasteiger partial charge in [-0.15, -0.1) is 0 Å². The van der Waals surface area contributed by atoms with Crippen LogP contribution in [0.15, 0.2) is 12.1 Å². The summed E-state index contributed by atoms with van der Waals surface area (Å²) in [5.41, 5.74) is -1.14. The van der Waals surface area contributed by atoms with Crippen molar-refractivity contribution in [2.45, 2.75) is 71.5 Å². The van der Waals surface area contributed by atoms with Gasteiger partial charge >= 0.3 is 7.12 Å². The van der Waals surface area contributed by atoms with Gasteiger partial charge in [-0.1, -0.05) is 32.3 Å². The molecule has 0 N–H and O–H groups in total. The topological polar surface area (TPSA) is 27.7 Å². The molecule has 2 rings (SSSR count). The lowest BCUT2D eigenvalue weighted by Gasteiger charge is -2.32. The van der Waals surface area contributed by atoms with Gasteiger partial charge in [0, 0.05) is 5.46 Å². The zero-order valence-corrected chi connectivity index (χ0v) is 15.2. The second kappa shape index (κ2) is 7.40. The van der Waals surface area contributed by atoms with Crippen LogP contribution >= 0.6 is 0 Å². The Morgan fingerprint density at radius 2 is 1.58 bits per heavy atom. The number of hydrogen-bond acceptors (Lipinski definition) is 3. The SMILES string of the molecule is CCCCCCOc1ccc(B2OC(C)(C)C(C)(C)O2)c(F)c1F. The average molecular weight is 340 g/mol. The van der Waals surface area contributed by atoms with Crippen LogP contribution in [-0.2, 0) is 9.31 Å². The predicted octanol–water partition coefficient (Wildman–Crippen LogP) is 4.22. The fraction of sp³-hybridized carbons (Fsp3) is 0.667. The molecule has 1 heterocycles. The minimum absolute atomic E-state index is 0.0597. The van der Waals surface area contributed by atoms with Crippen molar-refractivity contribution >= 4 is 12.6 Å². The van der Waals surface area contributed by atoms with Crippen LogP contribution in [0, 0.1) is 11.6 Å². The number of benzene rings is 1. The van der Waals surface area contributed by atoms with Crippen molar-refractivity contribution in [3.8, 4) is 5.75 Å². The van der Waals surface area contributed by atoms with Crippen molar-refractivity contribution < 1.29 is 22.8 Å². The zero-order valence-electron chi connectivity index (χ0n) is 15.2. The van der Waals surface area contributed by atoms with Gasteiger partial charge < -0.3 is 14.0 Å². The second-order valence-electron chi connectivity index (χ2n) is 7.28. The third-order valence-corrected chi connectivity index (χ3v) is 4.84. The van der Waals surface area contributed by atoms with E-state index in [1.165, 1.54) is 12.1 Å². The van der Waals surface area contributed by atoms with Crippen LogP contribution < -0.4 is 10.2 Å². The lowest BCUT2D eigenvalue weighted by Crippen LogP contribution is -2.41. The highest BCUT2D eigenvalue weighted by Crippen LogP contribution is 2.37. The molecule has 0 amide bonds. The van der Waals surface area contributed by atoms with Crippen LogP contribution in [0.5, 0.6) is 5.75 Å². The van der Waals surface area contributed by atoms with E-state index in [2.05, 4.69) is 6.92 Å². The number of hydrogen-bond donors (Lipinski definition) is 0. The van der Waals surface area contributed by atoms with E-state index in [1.54, 1.807) is 0 Å². The monoisotopic (exact) mass is 340 g/mol. The summed E-state index contributed by atoms with van der Waals surface area (Å²) in [5, 5.41) is 0. The molecule has 1 aliphatic rings. The molecule has 0 aliphatic carbocycles. The molecule has 1 aliphatic heterocycles. The predicted molar refractivity (Wildman–Crippen MR) is 91.7 cm³/mol. The van der Waals surface area contributed by atoms with E-state index in [4.69, 9.17) is 14.0 Å². The maximum Gasteiger partial charge on any atom is 0.497 e. The Hall–Kier alpha value is -1.14. The van der Waals surface area contributed by atoms with Crippen molar-refractivity contribution in [2.75, 3.05) is 6.61 Å². The lowest BCUT2D eigenvalue weighted by atomic mass is 9.78. The largest absolute Gasteiger partial charge is 0.497 e. The van der Waals surface area contributed by atoms with E-state index in [9.17, 15) is 8.78 Å². The van der Waals surface area contributed by atoms with Crippen LogP contribution in [0.1, 0.15) is 60.3 Å². The van der Waals surface area contributed by atoms with Crippen molar-refractivity contribution in [3.05, 3.63) is 23.8 Å². The van der Waals surface area contributed by atoms with Crippen molar-refractivity contribution in [3.63, 3.8) is 0 Å². The Balaban J connectivity index is 2.08.